The first-order valence-corrected chi connectivity index (χ1v) is 7.02. The van der Waals surface area contributed by atoms with Crippen LogP contribution in [0.15, 0.2) is 40.9 Å². The maximum atomic E-state index is 9.00. The first kappa shape index (κ1) is 12.9. The van der Waals surface area contributed by atoms with Gasteiger partial charge in [-0.05, 0) is 42.8 Å². The Labute approximate surface area is 125 Å². The van der Waals surface area contributed by atoms with Crippen molar-refractivity contribution < 1.29 is 0 Å². The third-order valence-corrected chi connectivity index (χ3v) is 4.03. The van der Waals surface area contributed by atoms with Crippen molar-refractivity contribution in [3.8, 4) is 17.5 Å². The molecule has 3 rings (SSSR count). The van der Waals surface area contributed by atoms with Gasteiger partial charge in [0.25, 0.3) is 0 Å². The summed E-state index contributed by atoms with van der Waals surface area (Å²) < 4.78 is 3.04. The molecule has 0 fully saturated rings. The first-order valence-electron chi connectivity index (χ1n) is 6.23. The molecule has 0 aliphatic heterocycles. The van der Waals surface area contributed by atoms with Crippen molar-refractivity contribution in [2.75, 3.05) is 0 Å². The van der Waals surface area contributed by atoms with Crippen molar-refractivity contribution in [3.63, 3.8) is 0 Å². The fourth-order valence-corrected chi connectivity index (χ4v) is 2.97. The monoisotopic (exact) mass is 325 g/mol. The van der Waals surface area contributed by atoms with Crippen molar-refractivity contribution in [2.45, 2.75) is 6.92 Å². The van der Waals surface area contributed by atoms with Crippen LogP contribution in [0.2, 0.25) is 0 Å². The summed E-state index contributed by atoms with van der Waals surface area (Å²) in [5.74, 6) is 0.891. The van der Waals surface area contributed by atoms with Gasteiger partial charge < -0.3 is 4.57 Å². The van der Waals surface area contributed by atoms with Gasteiger partial charge in [-0.1, -0.05) is 22.0 Å². The van der Waals surface area contributed by atoms with E-state index in [4.69, 9.17) is 5.26 Å². The Morgan fingerprint density at radius 1 is 1.20 bits per heavy atom. The number of halogens is 1. The van der Waals surface area contributed by atoms with E-state index in [1.54, 1.807) is 6.07 Å². The lowest BCUT2D eigenvalue weighted by Gasteiger charge is -2.06. The van der Waals surface area contributed by atoms with Crippen LogP contribution in [0.25, 0.3) is 22.4 Å². The molecule has 0 aliphatic rings. The Morgan fingerprint density at radius 3 is 2.70 bits per heavy atom. The van der Waals surface area contributed by atoms with Gasteiger partial charge in [0.15, 0.2) is 0 Å². The first-order chi connectivity index (χ1) is 9.60. The maximum Gasteiger partial charge on any atom is 0.142 e. The van der Waals surface area contributed by atoms with Gasteiger partial charge in [-0.25, -0.2) is 4.98 Å². The molecule has 4 heteroatoms. The minimum absolute atomic E-state index is 0.648. The number of hydrogen-bond donors (Lipinski definition) is 0. The molecule has 98 valence electrons. The maximum absolute atomic E-state index is 9.00. The minimum Gasteiger partial charge on any atom is -0.327 e. The fraction of sp³-hybridized carbons (Fsp3) is 0.125. The molecule has 0 radical (unpaired) electrons. The summed E-state index contributed by atoms with van der Waals surface area (Å²) in [5, 5.41) is 9.00. The van der Waals surface area contributed by atoms with Crippen LogP contribution in [0.1, 0.15) is 11.1 Å². The second-order valence-corrected chi connectivity index (χ2v) is 5.65. The van der Waals surface area contributed by atoms with Crippen LogP contribution >= 0.6 is 15.9 Å². The number of benzene rings is 2. The SMILES string of the molecule is Cc1ccc(-c2nc3ccc(C#N)cc3n2C)c(Br)c1. The van der Waals surface area contributed by atoms with E-state index in [1.165, 1.54) is 5.56 Å². The molecule has 0 N–H and O–H groups in total. The number of imidazole rings is 1. The van der Waals surface area contributed by atoms with Gasteiger partial charge >= 0.3 is 0 Å². The third-order valence-electron chi connectivity index (χ3n) is 3.38. The number of nitriles is 1. The van der Waals surface area contributed by atoms with E-state index in [2.05, 4.69) is 52.1 Å². The number of nitrogens with zero attached hydrogens (tertiary/aromatic N) is 3. The number of aryl methyl sites for hydroxylation is 2. The molecule has 20 heavy (non-hydrogen) atoms. The molecule has 0 bridgehead atoms. The second-order valence-electron chi connectivity index (χ2n) is 4.79. The van der Waals surface area contributed by atoms with Crippen LogP contribution in [-0.4, -0.2) is 9.55 Å². The molecule has 0 spiro atoms. The average Bonchev–Trinajstić information content (AvgIpc) is 2.76. The lowest BCUT2D eigenvalue weighted by Crippen LogP contribution is -1.93. The van der Waals surface area contributed by atoms with E-state index in [1.807, 2.05) is 23.7 Å². The van der Waals surface area contributed by atoms with Crippen molar-refractivity contribution in [2.24, 2.45) is 7.05 Å². The summed E-state index contributed by atoms with van der Waals surface area (Å²) in [5.41, 5.74) is 4.76. The normalized spacial score (nSPS) is 10.7. The van der Waals surface area contributed by atoms with Crippen LogP contribution in [0.4, 0.5) is 0 Å². The number of hydrogen-bond acceptors (Lipinski definition) is 2. The summed E-state index contributed by atoms with van der Waals surface area (Å²) in [4.78, 5) is 4.67. The molecule has 0 saturated carbocycles. The Hall–Kier alpha value is -2.12. The topological polar surface area (TPSA) is 41.6 Å². The summed E-state index contributed by atoms with van der Waals surface area (Å²) in [6.07, 6.45) is 0. The highest BCUT2D eigenvalue weighted by molar-refractivity contribution is 9.10. The van der Waals surface area contributed by atoms with Gasteiger partial charge in [0.1, 0.15) is 5.82 Å². The molecular weight excluding hydrogens is 314 g/mol. The molecule has 0 aliphatic carbocycles. The zero-order valence-electron chi connectivity index (χ0n) is 11.2. The quantitative estimate of drug-likeness (QED) is 0.673. The van der Waals surface area contributed by atoms with Crippen LogP contribution in [0, 0.1) is 18.3 Å². The van der Waals surface area contributed by atoms with Crippen LogP contribution in [-0.2, 0) is 7.05 Å². The molecule has 0 saturated heterocycles. The number of rotatable bonds is 1. The van der Waals surface area contributed by atoms with Crippen LogP contribution < -0.4 is 0 Å². The van der Waals surface area contributed by atoms with E-state index < -0.39 is 0 Å². The predicted octanol–water partition coefficient (Wildman–Crippen LogP) is 4.18. The Morgan fingerprint density at radius 2 is 2.00 bits per heavy atom. The highest BCUT2D eigenvalue weighted by atomic mass is 79.9. The Balaban J connectivity index is 2.27. The average molecular weight is 326 g/mol. The largest absolute Gasteiger partial charge is 0.327 e. The van der Waals surface area contributed by atoms with Gasteiger partial charge in [0, 0.05) is 17.1 Å². The lowest BCUT2D eigenvalue weighted by molar-refractivity contribution is 0.958. The van der Waals surface area contributed by atoms with Crippen LogP contribution in [0.5, 0.6) is 0 Å². The molecule has 0 amide bonds. The van der Waals surface area contributed by atoms with Crippen molar-refractivity contribution in [1.82, 2.24) is 9.55 Å². The summed E-state index contributed by atoms with van der Waals surface area (Å²) in [7, 11) is 1.97. The van der Waals surface area contributed by atoms with Crippen molar-refractivity contribution in [3.05, 3.63) is 52.0 Å². The zero-order chi connectivity index (χ0) is 14.3. The highest BCUT2D eigenvalue weighted by Gasteiger charge is 2.12. The summed E-state index contributed by atoms with van der Waals surface area (Å²) >= 11 is 3.60. The summed E-state index contributed by atoms with van der Waals surface area (Å²) in [6.45, 7) is 2.06. The van der Waals surface area contributed by atoms with E-state index in [-0.39, 0.29) is 0 Å². The number of aromatic nitrogens is 2. The van der Waals surface area contributed by atoms with Gasteiger partial charge in [-0.3, -0.25) is 0 Å². The molecule has 2 aromatic carbocycles. The van der Waals surface area contributed by atoms with Gasteiger partial charge in [-0.2, -0.15) is 5.26 Å². The fourth-order valence-electron chi connectivity index (χ4n) is 2.30. The molecule has 3 nitrogen and oxygen atoms in total. The van der Waals surface area contributed by atoms with E-state index in [0.29, 0.717) is 5.56 Å². The van der Waals surface area contributed by atoms with Gasteiger partial charge in [0.2, 0.25) is 0 Å². The second kappa shape index (κ2) is 4.77. The Kier molecular flexibility index (Phi) is 3.07. The number of fused-ring (bicyclic) bond motifs is 1. The molecule has 0 atom stereocenters. The summed E-state index contributed by atoms with van der Waals surface area (Å²) in [6, 6.07) is 13.9. The molecule has 0 unspecified atom stereocenters. The van der Waals surface area contributed by atoms with Gasteiger partial charge in [0.05, 0.1) is 22.7 Å². The van der Waals surface area contributed by atoms with Crippen molar-refractivity contribution >= 4 is 27.0 Å². The van der Waals surface area contributed by atoms with Crippen molar-refractivity contribution in [1.29, 1.82) is 5.26 Å². The minimum atomic E-state index is 0.648. The standard InChI is InChI=1S/C16H12BrN3/c1-10-3-5-12(13(17)7-10)16-19-14-6-4-11(9-18)8-15(14)20(16)2/h3-8H,1-2H3. The lowest BCUT2D eigenvalue weighted by atomic mass is 10.1. The zero-order valence-corrected chi connectivity index (χ0v) is 12.8. The smallest absolute Gasteiger partial charge is 0.142 e. The predicted molar refractivity (Wildman–Crippen MR) is 83.3 cm³/mol. The van der Waals surface area contributed by atoms with E-state index in [0.717, 1.165) is 26.9 Å². The van der Waals surface area contributed by atoms with E-state index in [9.17, 15) is 0 Å². The van der Waals surface area contributed by atoms with Crippen LogP contribution in [0.3, 0.4) is 0 Å². The molecule has 1 heterocycles. The van der Waals surface area contributed by atoms with Gasteiger partial charge in [-0.15, -0.1) is 0 Å². The molecule has 1 aromatic heterocycles. The molecular formula is C16H12BrN3. The molecule has 3 aromatic rings. The van der Waals surface area contributed by atoms with E-state index >= 15 is 0 Å². The highest BCUT2D eigenvalue weighted by Crippen LogP contribution is 2.30. The Bertz CT molecular complexity index is 856. The third kappa shape index (κ3) is 2.00.